The Morgan fingerprint density at radius 1 is 1.05 bits per heavy atom. The minimum absolute atomic E-state index is 0. The Morgan fingerprint density at radius 3 is 2.00 bits per heavy atom. The molecule has 1 rings (SSSR count). The molecular weight excluding hydrogens is 353 g/mol. The van der Waals surface area contributed by atoms with Gasteiger partial charge in [-0.25, -0.2) is 0 Å². The average Bonchev–Trinajstić information content (AvgIpc) is 2.34. The van der Waals surface area contributed by atoms with Crippen LogP contribution in [0.2, 0.25) is 0 Å². The highest BCUT2D eigenvalue weighted by Gasteiger charge is 2.03. The van der Waals surface area contributed by atoms with Crippen LogP contribution >= 0.6 is 24.0 Å². The number of methoxy groups -OCH3 is 1. The number of benzene rings is 1. The summed E-state index contributed by atoms with van der Waals surface area (Å²) in [7, 11) is 9.70. The van der Waals surface area contributed by atoms with Crippen LogP contribution in [0, 0.1) is 0 Å². The van der Waals surface area contributed by atoms with Crippen LogP contribution < -0.4 is 4.74 Å². The summed E-state index contributed by atoms with van der Waals surface area (Å²) >= 11 is 0. The molecule has 1 aromatic carbocycles. The van der Waals surface area contributed by atoms with Crippen molar-refractivity contribution in [3.63, 3.8) is 0 Å². The van der Waals surface area contributed by atoms with Gasteiger partial charge in [-0.3, -0.25) is 4.99 Å². The number of halogens is 1. The number of ether oxygens (including phenoxy) is 1. The third-order valence-electron chi connectivity index (χ3n) is 2.61. The van der Waals surface area contributed by atoms with E-state index in [0.717, 1.165) is 24.7 Å². The largest absolute Gasteiger partial charge is 0.497 e. The van der Waals surface area contributed by atoms with Crippen LogP contribution in [0.3, 0.4) is 0 Å². The van der Waals surface area contributed by atoms with Gasteiger partial charge in [0.15, 0.2) is 5.96 Å². The van der Waals surface area contributed by atoms with Crippen molar-refractivity contribution in [2.75, 3.05) is 41.8 Å². The van der Waals surface area contributed by atoms with Crippen LogP contribution in [0.25, 0.3) is 0 Å². The fourth-order valence-electron chi connectivity index (χ4n) is 1.76. The summed E-state index contributed by atoms with van der Waals surface area (Å²) in [6, 6.07) is 8.13. The Morgan fingerprint density at radius 2 is 1.58 bits per heavy atom. The summed E-state index contributed by atoms with van der Waals surface area (Å²) in [4.78, 5) is 8.64. The smallest absolute Gasteiger partial charge is 0.195 e. The molecule has 4 nitrogen and oxygen atoms in total. The van der Waals surface area contributed by atoms with Gasteiger partial charge < -0.3 is 14.5 Å². The van der Waals surface area contributed by atoms with E-state index in [1.807, 2.05) is 50.1 Å². The fourth-order valence-corrected chi connectivity index (χ4v) is 1.76. The van der Waals surface area contributed by atoms with Crippen molar-refractivity contribution < 1.29 is 4.74 Å². The molecule has 0 aliphatic rings. The van der Waals surface area contributed by atoms with Crippen LogP contribution in [0.5, 0.6) is 5.75 Å². The van der Waals surface area contributed by atoms with Gasteiger partial charge >= 0.3 is 0 Å². The molecule has 0 heterocycles. The standard InChI is InChI=1S/C14H23N3O.HI/c1-16(2)14(17(3)4)15-11-10-12-6-8-13(18-5)9-7-12;/h6-9H,10-11H2,1-5H3;1H. The summed E-state index contributed by atoms with van der Waals surface area (Å²) in [6.45, 7) is 0.790. The zero-order chi connectivity index (χ0) is 13.5. The van der Waals surface area contributed by atoms with Gasteiger partial charge in [-0.15, -0.1) is 24.0 Å². The second kappa shape index (κ2) is 9.01. The van der Waals surface area contributed by atoms with Gasteiger partial charge in [0.05, 0.1) is 7.11 Å². The highest BCUT2D eigenvalue weighted by atomic mass is 127. The topological polar surface area (TPSA) is 28.1 Å². The van der Waals surface area contributed by atoms with Crippen LogP contribution in [-0.2, 0) is 6.42 Å². The molecule has 0 aliphatic carbocycles. The van der Waals surface area contributed by atoms with Crippen molar-refractivity contribution in [1.29, 1.82) is 0 Å². The van der Waals surface area contributed by atoms with Gasteiger partial charge in [-0.1, -0.05) is 12.1 Å². The number of rotatable bonds is 4. The molecule has 108 valence electrons. The SMILES string of the molecule is COc1ccc(CCN=C(N(C)C)N(C)C)cc1.I. The molecule has 0 bridgehead atoms. The lowest BCUT2D eigenvalue weighted by molar-refractivity contribution is 0.414. The lowest BCUT2D eigenvalue weighted by Crippen LogP contribution is -2.35. The molecule has 0 saturated carbocycles. The van der Waals surface area contributed by atoms with Gasteiger partial charge in [0.25, 0.3) is 0 Å². The average molecular weight is 377 g/mol. The first kappa shape index (κ1) is 18.0. The van der Waals surface area contributed by atoms with Crippen LogP contribution in [0.15, 0.2) is 29.3 Å². The van der Waals surface area contributed by atoms with Gasteiger partial charge in [-0.2, -0.15) is 0 Å². The first-order valence-electron chi connectivity index (χ1n) is 6.06. The van der Waals surface area contributed by atoms with Crippen molar-refractivity contribution in [2.45, 2.75) is 6.42 Å². The summed E-state index contributed by atoms with van der Waals surface area (Å²) in [5.74, 6) is 1.88. The van der Waals surface area contributed by atoms with Crippen molar-refractivity contribution in [1.82, 2.24) is 9.80 Å². The van der Waals surface area contributed by atoms with E-state index < -0.39 is 0 Å². The Labute approximate surface area is 133 Å². The molecule has 0 aliphatic heterocycles. The van der Waals surface area contributed by atoms with Crippen molar-refractivity contribution in [3.8, 4) is 5.75 Å². The second-order valence-electron chi connectivity index (χ2n) is 4.57. The maximum atomic E-state index is 5.13. The molecule has 0 saturated heterocycles. The lowest BCUT2D eigenvalue weighted by Gasteiger charge is -2.22. The Bertz CT molecular complexity index is 378. The molecule has 0 spiro atoms. The van der Waals surface area contributed by atoms with E-state index in [0.29, 0.717) is 0 Å². The number of hydrogen-bond acceptors (Lipinski definition) is 2. The predicted octanol–water partition coefficient (Wildman–Crippen LogP) is 2.33. The third kappa shape index (κ3) is 6.13. The summed E-state index contributed by atoms with van der Waals surface area (Å²) in [5, 5.41) is 0. The van der Waals surface area contributed by atoms with Gasteiger partial charge in [0.1, 0.15) is 5.75 Å². The highest BCUT2D eigenvalue weighted by molar-refractivity contribution is 14.0. The van der Waals surface area contributed by atoms with Gasteiger partial charge in [0, 0.05) is 34.7 Å². The monoisotopic (exact) mass is 377 g/mol. The van der Waals surface area contributed by atoms with E-state index in [9.17, 15) is 0 Å². The van der Waals surface area contributed by atoms with E-state index in [4.69, 9.17) is 4.74 Å². The van der Waals surface area contributed by atoms with E-state index in [1.54, 1.807) is 7.11 Å². The van der Waals surface area contributed by atoms with Crippen LogP contribution in [-0.4, -0.2) is 57.6 Å². The minimum Gasteiger partial charge on any atom is -0.497 e. The van der Waals surface area contributed by atoms with E-state index in [-0.39, 0.29) is 24.0 Å². The molecule has 0 fully saturated rings. The summed E-state index contributed by atoms with van der Waals surface area (Å²) < 4.78 is 5.13. The van der Waals surface area contributed by atoms with Crippen molar-refractivity contribution >= 4 is 29.9 Å². The molecule has 5 heteroatoms. The predicted molar refractivity (Wildman–Crippen MR) is 91.8 cm³/mol. The maximum Gasteiger partial charge on any atom is 0.195 e. The summed E-state index contributed by atoms with van der Waals surface area (Å²) in [5.41, 5.74) is 1.27. The number of aliphatic imine (C=N–C) groups is 1. The van der Waals surface area contributed by atoms with Crippen molar-refractivity contribution in [3.05, 3.63) is 29.8 Å². The van der Waals surface area contributed by atoms with Crippen LogP contribution in [0.4, 0.5) is 0 Å². The zero-order valence-corrected chi connectivity index (χ0v) is 14.7. The molecule has 0 amide bonds. The number of nitrogens with zero attached hydrogens (tertiary/aromatic N) is 3. The van der Waals surface area contributed by atoms with Gasteiger partial charge in [0.2, 0.25) is 0 Å². The lowest BCUT2D eigenvalue weighted by atomic mass is 10.1. The Balaban J connectivity index is 0.00000324. The normalized spacial score (nSPS) is 9.32. The quantitative estimate of drug-likeness (QED) is 0.458. The first-order valence-corrected chi connectivity index (χ1v) is 6.06. The highest BCUT2D eigenvalue weighted by Crippen LogP contribution is 2.11. The van der Waals surface area contributed by atoms with Crippen LogP contribution in [0.1, 0.15) is 5.56 Å². The maximum absolute atomic E-state index is 5.13. The zero-order valence-electron chi connectivity index (χ0n) is 12.4. The van der Waals surface area contributed by atoms with E-state index in [2.05, 4.69) is 17.1 Å². The molecular formula is C14H24IN3O. The van der Waals surface area contributed by atoms with E-state index >= 15 is 0 Å². The van der Waals surface area contributed by atoms with E-state index in [1.165, 1.54) is 5.56 Å². The Hall–Kier alpha value is -0.980. The van der Waals surface area contributed by atoms with Crippen molar-refractivity contribution in [2.24, 2.45) is 4.99 Å². The second-order valence-corrected chi connectivity index (χ2v) is 4.57. The molecule has 1 aromatic rings. The molecule has 0 atom stereocenters. The summed E-state index contributed by atoms with van der Waals surface area (Å²) in [6.07, 6.45) is 0.940. The Kier molecular flexibility index (Phi) is 8.54. The molecule has 0 unspecified atom stereocenters. The first-order chi connectivity index (χ1) is 8.54. The number of hydrogen-bond donors (Lipinski definition) is 0. The van der Waals surface area contributed by atoms with Gasteiger partial charge in [-0.05, 0) is 24.1 Å². The number of guanidine groups is 1. The molecule has 0 radical (unpaired) electrons. The molecule has 19 heavy (non-hydrogen) atoms. The minimum atomic E-state index is 0. The molecule has 0 aromatic heterocycles. The third-order valence-corrected chi connectivity index (χ3v) is 2.61. The molecule has 0 N–H and O–H groups in total. The fraction of sp³-hybridized carbons (Fsp3) is 0.500.